The van der Waals surface area contributed by atoms with E-state index in [2.05, 4.69) is 10.7 Å². The van der Waals surface area contributed by atoms with Crippen molar-refractivity contribution in [2.45, 2.75) is 19.0 Å². The number of hydrogen-bond donors (Lipinski definition) is 2. The molecule has 3 aromatic carbocycles. The van der Waals surface area contributed by atoms with Crippen LogP contribution in [0.2, 0.25) is 0 Å². The second kappa shape index (κ2) is 8.47. The van der Waals surface area contributed by atoms with Gasteiger partial charge < -0.3 is 5.32 Å². The first-order chi connectivity index (χ1) is 14.9. The predicted octanol–water partition coefficient (Wildman–Crippen LogP) is 3.29. The number of hydrogen-bond acceptors (Lipinski definition) is 2. The quantitative estimate of drug-likeness (QED) is 0.637. The Kier molecular flexibility index (Phi) is 5.58. The van der Waals surface area contributed by atoms with Gasteiger partial charge in [0.1, 0.15) is 11.6 Å². The van der Waals surface area contributed by atoms with E-state index in [4.69, 9.17) is 0 Å². The van der Waals surface area contributed by atoms with Gasteiger partial charge in [0.15, 0.2) is 6.04 Å². The van der Waals surface area contributed by atoms with Gasteiger partial charge in [-0.05, 0) is 55.5 Å². The van der Waals surface area contributed by atoms with Crippen LogP contribution in [0.4, 0.5) is 8.78 Å². The van der Waals surface area contributed by atoms with Crippen LogP contribution in [-0.4, -0.2) is 28.8 Å². The summed E-state index contributed by atoms with van der Waals surface area (Å²) in [5.74, 6) is -1.69. The monoisotopic (exact) mass is 420 g/mol. The zero-order valence-electron chi connectivity index (χ0n) is 16.7. The van der Waals surface area contributed by atoms with Crippen LogP contribution in [0.15, 0.2) is 72.8 Å². The number of hydrazone groups is 1. The minimum absolute atomic E-state index is 0.248. The minimum Gasteiger partial charge on any atom is -0.334 e. The van der Waals surface area contributed by atoms with Crippen LogP contribution in [0.5, 0.6) is 0 Å². The fourth-order valence-corrected chi connectivity index (χ4v) is 3.48. The third-order valence-corrected chi connectivity index (χ3v) is 5.11. The van der Waals surface area contributed by atoms with Gasteiger partial charge in [0, 0.05) is 16.7 Å². The van der Waals surface area contributed by atoms with Crippen LogP contribution in [0, 0.1) is 18.6 Å². The summed E-state index contributed by atoms with van der Waals surface area (Å²) in [6, 6.07) is 17.2. The van der Waals surface area contributed by atoms with Crippen LogP contribution in [0.25, 0.3) is 0 Å². The number of carbonyl (C=O) groups excluding carboxylic acids is 2. The highest BCUT2D eigenvalue weighted by Gasteiger charge is 2.47. The summed E-state index contributed by atoms with van der Waals surface area (Å²) in [5, 5.41) is 2.76. The van der Waals surface area contributed by atoms with E-state index < -0.39 is 23.8 Å². The van der Waals surface area contributed by atoms with Crippen molar-refractivity contribution in [3.8, 4) is 0 Å². The fraction of sp³-hybridized carbons (Fsp3) is 0.125. The van der Waals surface area contributed by atoms with Gasteiger partial charge in [-0.15, -0.1) is 10.1 Å². The number of halogens is 2. The summed E-state index contributed by atoms with van der Waals surface area (Å²) in [6.07, 6.45) is 1.69. The molecule has 2 amide bonds. The Bertz CT molecular complexity index is 1140. The fourth-order valence-electron chi connectivity index (χ4n) is 3.48. The molecule has 4 rings (SSSR count). The Balaban J connectivity index is 1.69. The number of amides is 2. The molecule has 31 heavy (non-hydrogen) atoms. The van der Waals surface area contributed by atoms with Crippen molar-refractivity contribution in [3.63, 3.8) is 0 Å². The smallest absolute Gasteiger partial charge is 0.304 e. The summed E-state index contributed by atoms with van der Waals surface area (Å²) in [6.45, 7) is 1.96. The highest BCUT2D eigenvalue weighted by Crippen LogP contribution is 2.26. The number of nitrogens with zero attached hydrogens (tertiary/aromatic N) is 1. The van der Waals surface area contributed by atoms with Crippen LogP contribution in [0.1, 0.15) is 33.1 Å². The third-order valence-electron chi connectivity index (χ3n) is 5.11. The lowest BCUT2D eigenvalue weighted by Gasteiger charge is -2.15. The maximum Gasteiger partial charge on any atom is 0.304 e. The number of nitrogens with one attached hydrogen (secondary N) is 2. The number of hydrazine groups is 1. The van der Waals surface area contributed by atoms with E-state index >= 15 is 0 Å². The lowest BCUT2D eigenvalue weighted by atomic mass is 9.98. The number of carbonyl (C=O) groups is 2. The summed E-state index contributed by atoms with van der Waals surface area (Å²) < 4.78 is 28.1. The summed E-state index contributed by atoms with van der Waals surface area (Å²) >= 11 is 0. The molecule has 1 saturated heterocycles. The second-order valence-electron chi connectivity index (χ2n) is 7.38. The molecule has 1 aliphatic heterocycles. The van der Waals surface area contributed by atoms with Gasteiger partial charge in [-0.2, -0.15) is 0 Å². The molecule has 1 aliphatic rings. The van der Waals surface area contributed by atoms with E-state index in [1.165, 1.54) is 36.4 Å². The molecule has 0 bridgehead atoms. The van der Waals surface area contributed by atoms with Crippen molar-refractivity contribution in [2.24, 2.45) is 0 Å². The molecule has 2 atom stereocenters. The van der Waals surface area contributed by atoms with E-state index in [1.54, 1.807) is 23.0 Å². The van der Waals surface area contributed by atoms with E-state index in [0.717, 1.165) is 11.1 Å². The van der Waals surface area contributed by atoms with Crippen molar-refractivity contribution in [2.75, 3.05) is 0 Å². The van der Waals surface area contributed by atoms with Crippen LogP contribution in [0.3, 0.4) is 0 Å². The largest absolute Gasteiger partial charge is 0.334 e. The standard InChI is InChI=1S/C24H19F2N3O2/c1-15-2-6-17(7-3-15)22-21(27-23(30)18-8-12-20(26)13-9-18)24(31)28-29(22)14-16-4-10-19(25)11-5-16/h2-14,21-22H,1H3,(H-,27,28,30,31)/p+1/b29-14-. The maximum absolute atomic E-state index is 13.3. The average molecular weight is 420 g/mol. The summed E-state index contributed by atoms with van der Waals surface area (Å²) in [5.41, 5.74) is 5.57. The Morgan fingerprint density at radius 3 is 2.13 bits per heavy atom. The third kappa shape index (κ3) is 4.50. The SMILES string of the molecule is Cc1ccc(C2C(NC(=O)c3ccc(F)cc3)C(=O)N/[N+]2=C\c2ccc(F)cc2)cc1. The van der Waals surface area contributed by atoms with Gasteiger partial charge in [-0.1, -0.05) is 29.8 Å². The topological polar surface area (TPSA) is 61.2 Å². The summed E-state index contributed by atoms with van der Waals surface area (Å²) in [7, 11) is 0. The first kappa shape index (κ1) is 20.4. The van der Waals surface area contributed by atoms with E-state index in [1.807, 2.05) is 31.2 Å². The van der Waals surface area contributed by atoms with Crippen molar-refractivity contribution in [1.82, 2.24) is 10.7 Å². The van der Waals surface area contributed by atoms with Crippen molar-refractivity contribution < 1.29 is 23.1 Å². The minimum atomic E-state index is -0.892. The zero-order chi connectivity index (χ0) is 22.0. The van der Waals surface area contributed by atoms with E-state index in [-0.39, 0.29) is 17.3 Å². The van der Waals surface area contributed by atoms with Gasteiger partial charge in [0.25, 0.3) is 5.91 Å². The number of rotatable bonds is 4. The van der Waals surface area contributed by atoms with Gasteiger partial charge in [0.05, 0.1) is 0 Å². The maximum atomic E-state index is 13.3. The summed E-state index contributed by atoms with van der Waals surface area (Å²) in [4.78, 5) is 25.5. The van der Waals surface area contributed by atoms with Crippen LogP contribution in [-0.2, 0) is 4.79 Å². The molecule has 0 saturated carbocycles. The zero-order valence-corrected chi connectivity index (χ0v) is 16.7. The first-order valence-electron chi connectivity index (χ1n) is 9.73. The van der Waals surface area contributed by atoms with E-state index in [0.29, 0.717) is 5.56 Å². The average Bonchev–Trinajstić information content (AvgIpc) is 3.05. The lowest BCUT2D eigenvalue weighted by molar-refractivity contribution is -0.596. The Labute approximate surface area is 178 Å². The molecule has 1 heterocycles. The predicted molar refractivity (Wildman–Crippen MR) is 112 cm³/mol. The van der Waals surface area contributed by atoms with Crippen LogP contribution >= 0.6 is 0 Å². The number of benzene rings is 3. The molecule has 2 N–H and O–H groups in total. The molecule has 7 heteroatoms. The number of aryl methyl sites for hydroxylation is 1. The van der Waals surface area contributed by atoms with Gasteiger partial charge in [-0.25, -0.2) is 8.78 Å². The molecule has 2 unspecified atom stereocenters. The molecule has 156 valence electrons. The molecule has 1 fully saturated rings. The molecule has 5 nitrogen and oxygen atoms in total. The molecular weight excluding hydrogens is 400 g/mol. The molecule has 0 radical (unpaired) electrons. The Hall–Kier alpha value is -3.87. The molecule has 0 aliphatic carbocycles. The van der Waals surface area contributed by atoms with Gasteiger partial charge in [0.2, 0.25) is 12.3 Å². The van der Waals surface area contributed by atoms with E-state index in [9.17, 15) is 18.4 Å². The highest BCUT2D eigenvalue weighted by molar-refractivity contribution is 5.98. The second-order valence-corrected chi connectivity index (χ2v) is 7.38. The Morgan fingerprint density at radius 1 is 0.935 bits per heavy atom. The van der Waals surface area contributed by atoms with Gasteiger partial charge in [-0.3, -0.25) is 9.59 Å². The molecule has 3 aromatic rings. The van der Waals surface area contributed by atoms with Crippen LogP contribution < -0.4 is 10.7 Å². The van der Waals surface area contributed by atoms with Crippen molar-refractivity contribution in [1.29, 1.82) is 0 Å². The van der Waals surface area contributed by atoms with Crippen molar-refractivity contribution >= 4 is 18.0 Å². The lowest BCUT2D eigenvalue weighted by Crippen LogP contribution is -2.42. The molecular formula is C24H20F2N3O2+. The van der Waals surface area contributed by atoms with Crippen molar-refractivity contribution in [3.05, 3.63) is 107 Å². The highest BCUT2D eigenvalue weighted by atomic mass is 19.1. The normalized spacial score (nSPS) is 19.3. The van der Waals surface area contributed by atoms with Gasteiger partial charge >= 0.3 is 5.91 Å². The Morgan fingerprint density at radius 2 is 1.52 bits per heavy atom. The molecule has 0 aromatic heterocycles. The molecule has 0 spiro atoms. The first-order valence-corrected chi connectivity index (χ1v) is 9.73.